The van der Waals surface area contributed by atoms with E-state index in [0.717, 1.165) is 22.4 Å². The fraction of sp³-hybridized carbons (Fsp3) is 0.500. The Bertz CT molecular complexity index is 411. The number of ether oxygens (including phenoxy) is 1. The van der Waals surface area contributed by atoms with Crippen LogP contribution in [0.5, 0.6) is 5.75 Å². The normalized spacial score (nSPS) is 10.7. The molecule has 0 bridgehead atoms. The second kappa shape index (κ2) is 5.82. The van der Waals surface area contributed by atoms with E-state index in [4.69, 9.17) is 10.5 Å². The summed E-state index contributed by atoms with van der Waals surface area (Å²) < 4.78 is 5.35. The first-order chi connectivity index (χ1) is 8.01. The van der Waals surface area contributed by atoms with Crippen molar-refractivity contribution >= 4 is 5.78 Å². The molecule has 0 aromatic heterocycles. The van der Waals surface area contributed by atoms with Crippen molar-refractivity contribution in [2.24, 2.45) is 5.73 Å². The van der Waals surface area contributed by atoms with Crippen molar-refractivity contribution in [3.63, 3.8) is 0 Å². The maximum atomic E-state index is 11.9. The van der Waals surface area contributed by atoms with Gasteiger partial charge in [-0.05, 0) is 42.6 Å². The number of benzene rings is 1. The highest BCUT2D eigenvalue weighted by atomic mass is 16.5. The van der Waals surface area contributed by atoms with Gasteiger partial charge in [0.25, 0.3) is 0 Å². The zero-order chi connectivity index (χ0) is 13.0. The molecule has 0 unspecified atom stereocenters. The van der Waals surface area contributed by atoms with Gasteiger partial charge in [-0.25, -0.2) is 0 Å². The highest BCUT2D eigenvalue weighted by Gasteiger charge is 2.15. The van der Waals surface area contributed by atoms with E-state index in [9.17, 15) is 4.79 Å². The third-order valence-corrected chi connectivity index (χ3v) is 2.87. The van der Waals surface area contributed by atoms with E-state index < -0.39 is 0 Å². The topological polar surface area (TPSA) is 52.3 Å². The molecule has 0 aliphatic rings. The molecule has 0 amide bonds. The molecule has 0 fully saturated rings. The number of ketones is 1. The van der Waals surface area contributed by atoms with Crippen LogP contribution in [0.1, 0.15) is 47.7 Å². The number of hydrogen-bond donors (Lipinski definition) is 1. The van der Waals surface area contributed by atoms with Crippen LogP contribution < -0.4 is 10.5 Å². The van der Waals surface area contributed by atoms with Crippen molar-refractivity contribution in [2.75, 3.05) is 13.7 Å². The Labute approximate surface area is 103 Å². The number of rotatable bonds is 5. The summed E-state index contributed by atoms with van der Waals surface area (Å²) in [4.78, 5) is 11.9. The largest absolute Gasteiger partial charge is 0.496 e. The Morgan fingerprint density at radius 1 is 1.41 bits per heavy atom. The summed E-state index contributed by atoms with van der Waals surface area (Å²) >= 11 is 0. The molecule has 0 saturated heterocycles. The smallest absolute Gasteiger partial charge is 0.164 e. The van der Waals surface area contributed by atoms with Gasteiger partial charge in [0.1, 0.15) is 5.75 Å². The van der Waals surface area contributed by atoms with Crippen LogP contribution >= 0.6 is 0 Å². The third kappa shape index (κ3) is 3.07. The second-order valence-corrected chi connectivity index (χ2v) is 4.53. The quantitative estimate of drug-likeness (QED) is 0.798. The van der Waals surface area contributed by atoms with Crippen LogP contribution in [-0.4, -0.2) is 19.4 Å². The van der Waals surface area contributed by atoms with Crippen LogP contribution in [0.15, 0.2) is 12.1 Å². The number of aryl methyl sites for hydroxylation is 1. The molecular formula is C14H21NO2. The third-order valence-electron chi connectivity index (χ3n) is 2.87. The van der Waals surface area contributed by atoms with Crippen molar-refractivity contribution in [1.82, 2.24) is 0 Å². The number of carbonyl (C=O) groups excluding carboxylic acids is 1. The fourth-order valence-electron chi connectivity index (χ4n) is 1.89. The summed E-state index contributed by atoms with van der Waals surface area (Å²) in [6.07, 6.45) is 0.394. The van der Waals surface area contributed by atoms with Crippen molar-refractivity contribution < 1.29 is 9.53 Å². The Kier molecular flexibility index (Phi) is 4.70. The molecule has 0 spiro atoms. The maximum absolute atomic E-state index is 11.9. The summed E-state index contributed by atoms with van der Waals surface area (Å²) in [6, 6.07) is 3.87. The minimum Gasteiger partial charge on any atom is -0.496 e. The first-order valence-electron chi connectivity index (χ1n) is 5.93. The van der Waals surface area contributed by atoms with Crippen LogP contribution in [0.2, 0.25) is 0 Å². The molecule has 2 N–H and O–H groups in total. The molecule has 94 valence electrons. The Hall–Kier alpha value is -1.35. The van der Waals surface area contributed by atoms with E-state index in [-0.39, 0.29) is 5.78 Å². The van der Waals surface area contributed by atoms with Crippen LogP contribution in [0.4, 0.5) is 0 Å². The van der Waals surface area contributed by atoms with Crippen LogP contribution in [-0.2, 0) is 0 Å². The minimum absolute atomic E-state index is 0.106. The van der Waals surface area contributed by atoms with Crippen LogP contribution in [0.25, 0.3) is 0 Å². The highest BCUT2D eigenvalue weighted by molar-refractivity contribution is 5.98. The standard InChI is InChI=1S/C14H21NO2/c1-9(2)11-8-12(13(16)5-6-15)10(3)7-14(11)17-4/h7-9H,5-6,15H2,1-4H3. The zero-order valence-corrected chi connectivity index (χ0v) is 11.0. The van der Waals surface area contributed by atoms with Crippen molar-refractivity contribution in [2.45, 2.75) is 33.1 Å². The lowest BCUT2D eigenvalue weighted by atomic mass is 9.94. The lowest BCUT2D eigenvalue weighted by Gasteiger charge is -2.15. The van der Waals surface area contributed by atoms with Gasteiger partial charge >= 0.3 is 0 Å². The van der Waals surface area contributed by atoms with Gasteiger partial charge in [0, 0.05) is 12.0 Å². The van der Waals surface area contributed by atoms with Crippen molar-refractivity contribution in [3.05, 3.63) is 28.8 Å². The van der Waals surface area contributed by atoms with E-state index in [1.165, 1.54) is 0 Å². The second-order valence-electron chi connectivity index (χ2n) is 4.53. The zero-order valence-electron chi connectivity index (χ0n) is 11.0. The molecule has 0 heterocycles. The van der Waals surface area contributed by atoms with Gasteiger partial charge < -0.3 is 10.5 Å². The van der Waals surface area contributed by atoms with E-state index in [2.05, 4.69) is 13.8 Å². The molecule has 17 heavy (non-hydrogen) atoms. The fourth-order valence-corrected chi connectivity index (χ4v) is 1.89. The van der Waals surface area contributed by atoms with Crippen LogP contribution in [0.3, 0.4) is 0 Å². The predicted molar refractivity (Wildman–Crippen MR) is 69.8 cm³/mol. The maximum Gasteiger partial charge on any atom is 0.164 e. The van der Waals surface area contributed by atoms with Gasteiger partial charge in [0.05, 0.1) is 7.11 Å². The molecule has 0 aliphatic heterocycles. The van der Waals surface area contributed by atoms with E-state index >= 15 is 0 Å². The lowest BCUT2D eigenvalue weighted by molar-refractivity contribution is 0.0984. The van der Waals surface area contributed by atoms with E-state index in [0.29, 0.717) is 18.9 Å². The SMILES string of the molecule is COc1cc(C)c(C(=O)CCN)cc1C(C)C. The van der Waals surface area contributed by atoms with Gasteiger partial charge in [-0.1, -0.05) is 13.8 Å². The van der Waals surface area contributed by atoms with Gasteiger partial charge in [0.2, 0.25) is 0 Å². The minimum atomic E-state index is 0.106. The molecule has 3 nitrogen and oxygen atoms in total. The average Bonchev–Trinajstić information content (AvgIpc) is 2.28. The van der Waals surface area contributed by atoms with Crippen molar-refractivity contribution in [1.29, 1.82) is 0 Å². The molecule has 1 aromatic carbocycles. The van der Waals surface area contributed by atoms with E-state index in [1.807, 2.05) is 19.1 Å². The summed E-state index contributed by atoms with van der Waals surface area (Å²) in [7, 11) is 1.65. The molecule has 1 aromatic rings. The molecule has 3 heteroatoms. The Morgan fingerprint density at radius 2 is 2.06 bits per heavy atom. The monoisotopic (exact) mass is 235 g/mol. The molecule has 0 saturated carbocycles. The number of hydrogen-bond acceptors (Lipinski definition) is 3. The molecule has 1 rings (SSSR count). The summed E-state index contributed by atoms with van der Waals surface area (Å²) in [5, 5.41) is 0. The number of nitrogens with two attached hydrogens (primary N) is 1. The number of methoxy groups -OCH3 is 1. The van der Waals surface area contributed by atoms with Gasteiger partial charge in [0.15, 0.2) is 5.78 Å². The lowest BCUT2D eigenvalue weighted by Crippen LogP contribution is -2.10. The summed E-state index contributed by atoms with van der Waals surface area (Å²) in [6.45, 7) is 6.49. The number of carbonyl (C=O) groups is 1. The van der Waals surface area contributed by atoms with Crippen molar-refractivity contribution in [3.8, 4) is 5.75 Å². The highest BCUT2D eigenvalue weighted by Crippen LogP contribution is 2.30. The Morgan fingerprint density at radius 3 is 2.53 bits per heavy atom. The van der Waals surface area contributed by atoms with E-state index in [1.54, 1.807) is 7.11 Å². The first-order valence-corrected chi connectivity index (χ1v) is 5.93. The molecule has 0 aliphatic carbocycles. The summed E-state index contributed by atoms with van der Waals surface area (Å²) in [5.41, 5.74) is 8.21. The van der Waals surface area contributed by atoms with Crippen LogP contribution in [0, 0.1) is 6.92 Å². The molecule has 0 atom stereocenters. The summed E-state index contributed by atoms with van der Waals surface area (Å²) in [5.74, 6) is 1.28. The predicted octanol–water partition coefficient (Wildman–Crippen LogP) is 2.66. The molecule has 0 radical (unpaired) electrons. The van der Waals surface area contributed by atoms with Gasteiger partial charge in [-0.3, -0.25) is 4.79 Å². The number of Topliss-reactive ketones (excluding diaryl/α,β-unsaturated/α-hetero) is 1. The first kappa shape index (κ1) is 13.7. The van der Waals surface area contributed by atoms with Gasteiger partial charge in [-0.2, -0.15) is 0 Å². The Balaban J connectivity index is 3.24. The average molecular weight is 235 g/mol. The van der Waals surface area contributed by atoms with Gasteiger partial charge in [-0.15, -0.1) is 0 Å². The molecular weight excluding hydrogens is 214 g/mol.